The summed E-state index contributed by atoms with van der Waals surface area (Å²) in [6.07, 6.45) is 2.93. The highest BCUT2D eigenvalue weighted by molar-refractivity contribution is 5.90. The predicted octanol–water partition coefficient (Wildman–Crippen LogP) is 1.96. The molecule has 116 valence electrons. The van der Waals surface area contributed by atoms with Gasteiger partial charge in [0.1, 0.15) is 0 Å². The molecule has 1 fully saturated rings. The molecule has 1 atom stereocenters. The summed E-state index contributed by atoms with van der Waals surface area (Å²) in [6, 6.07) is 7.22. The lowest BCUT2D eigenvalue weighted by molar-refractivity contribution is -0.116. The van der Waals surface area contributed by atoms with Crippen LogP contribution in [0.2, 0.25) is 0 Å². The molecule has 5 heteroatoms. The van der Waals surface area contributed by atoms with Crippen LogP contribution in [0.3, 0.4) is 0 Å². The van der Waals surface area contributed by atoms with Crippen LogP contribution in [0.5, 0.6) is 0 Å². The van der Waals surface area contributed by atoms with Crippen LogP contribution in [0.4, 0.5) is 11.4 Å². The molecule has 1 amide bonds. The Labute approximate surface area is 126 Å². The molecule has 1 aliphatic rings. The lowest BCUT2D eigenvalue weighted by Gasteiger charge is -2.32. The van der Waals surface area contributed by atoms with Crippen LogP contribution in [0.25, 0.3) is 0 Å². The third-order valence-electron chi connectivity index (χ3n) is 3.86. The maximum Gasteiger partial charge on any atom is 0.225 e. The van der Waals surface area contributed by atoms with Gasteiger partial charge in [0.05, 0.1) is 6.61 Å². The van der Waals surface area contributed by atoms with Gasteiger partial charge in [0, 0.05) is 38.0 Å². The Bertz CT molecular complexity index is 445. The molecule has 0 saturated carbocycles. The van der Waals surface area contributed by atoms with Crippen molar-refractivity contribution in [1.82, 2.24) is 4.90 Å². The number of piperidine rings is 1. The van der Waals surface area contributed by atoms with Gasteiger partial charge >= 0.3 is 0 Å². The van der Waals surface area contributed by atoms with Gasteiger partial charge in [0.25, 0.3) is 0 Å². The summed E-state index contributed by atoms with van der Waals surface area (Å²) in [7, 11) is 1.75. The third kappa shape index (κ3) is 5.36. The van der Waals surface area contributed by atoms with Crippen molar-refractivity contribution < 1.29 is 9.53 Å². The predicted molar refractivity (Wildman–Crippen MR) is 85.1 cm³/mol. The number of amides is 1. The number of nitrogens with zero attached hydrogens (tertiary/aromatic N) is 1. The summed E-state index contributed by atoms with van der Waals surface area (Å²) in [5, 5.41) is 2.90. The van der Waals surface area contributed by atoms with Gasteiger partial charge in [-0.15, -0.1) is 0 Å². The number of hydrogen-bond acceptors (Lipinski definition) is 4. The van der Waals surface area contributed by atoms with E-state index in [1.165, 1.54) is 12.8 Å². The van der Waals surface area contributed by atoms with Crippen LogP contribution >= 0.6 is 0 Å². The molecule has 0 aromatic heterocycles. The summed E-state index contributed by atoms with van der Waals surface area (Å²) in [5.74, 6) is 0.651. The number of rotatable bonds is 6. The Morgan fingerprint density at radius 1 is 1.43 bits per heavy atom. The van der Waals surface area contributed by atoms with Crippen molar-refractivity contribution in [3.8, 4) is 0 Å². The van der Waals surface area contributed by atoms with E-state index >= 15 is 0 Å². The van der Waals surface area contributed by atoms with Crippen LogP contribution in [0.15, 0.2) is 24.3 Å². The van der Waals surface area contributed by atoms with Gasteiger partial charge in [-0.2, -0.15) is 0 Å². The standard InChI is InChI=1S/C16H25N3O2/c1-21-12-13-3-2-9-19(11-13)10-8-16(20)18-15-6-4-14(17)5-7-15/h4-7,13H,2-3,8-12,17H2,1H3,(H,18,20). The number of anilines is 2. The van der Waals surface area contributed by atoms with E-state index in [1.807, 2.05) is 12.1 Å². The van der Waals surface area contributed by atoms with Gasteiger partial charge in [-0.05, 0) is 49.6 Å². The SMILES string of the molecule is COCC1CCCN(CCC(=O)Nc2ccc(N)cc2)C1. The van der Waals surface area contributed by atoms with Crippen molar-refractivity contribution in [1.29, 1.82) is 0 Å². The van der Waals surface area contributed by atoms with Crippen LogP contribution < -0.4 is 11.1 Å². The van der Waals surface area contributed by atoms with Crippen molar-refractivity contribution in [3.63, 3.8) is 0 Å². The van der Waals surface area contributed by atoms with E-state index in [2.05, 4.69) is 10.2 Å². The second-order valence-corrected chi connectivity index (χ2v) is 5.68. The van der Waals surface area contributed by atoms with Gasteiger partial charge in [0.2, 0.25) is 5.91 Å². The molecule has 0 spiro atoms. The van der Waals surface area contributed by atoms with Crippen molar-refractivity contribution in [2.45, 2.75) is 19.3 Å². The number of nitrogen functional groups attached to an aromatic ring is 1. The number of methoxy groups -OCH3 is 1. The highest BCUT2D eigenvalue weighted by Gasteiger charge is 2.20. The van der Waals surface area contributed by atoms with E-state index < -0.39 is 0 Å². The fraction of sp³-hybridized carbons (Fsp3) is 0.562. The fourth-order valence-corrected chi connectivity index (χ4v) is 2.78. The van der Waals surface area contributed by atoms with E-state index in [0.717, 1.165) is 31.9 Å². The van der Waals surface area contributed by atoms with Crippen molar-refractivity contribution in [2.75, 3.05) is 44.4 Å². The Morgan fingerprint density at radius 2 is 2.19 bits per heavy atom. The molecule has 2 rings (SSSR count). The molecule has 1 saturated heterocycles. The molecule has 21 heavy (non-hydrogen) atoms. The van der Waals surface area contributed by atoms with Crippen LogP contribution in [0, 0.1) is 5.92 Å². The lowest BCUT2D eigenvalue weighted by Crippen LogP contribution is -2.38. The summed E-state index contributed by atoms with van der Waals surface area (Å²) in [5.41, 5.74) is 7.12. The Morgan fingerprint density at radius 3 is 2.90 bits per heavy atom. The summed E-state index contributed by atoms with van der Waals surface area (Å²) in [6.45, 7) is 3.73. The normalized spacial score (nSPS) is 19.4. The molecule has 0 aliphatic carbocycles. The molecular formula is C16H25N3O2. The lowest BCUT2D eigenvalue weighted by atomic mass is 9.99. The number of carbonyl (C=O) groups excluding carboxylic acids is 1. The van der Waals surface area contributed by atoms with Gasteiger partial charge in [-0.3, -0.25) is 4.79 Å². The summed E-state index contributed by atoms with van der Waals surface area (Å²) in [4.78, 5) is 14.3. The largest absolute Gasteiger partial charge is 0.399 e. The van der Waals surface area contributed by atoms with Crippen LogP contribution in [-0.2, 0) is 9.53 Å². The maximum atomic E-state index is 12.0. The molecule has 1 aliphatic heterocycles. The average molecular weight is 291 g/mol. The molecule has 1 heterocycles. The molecule has 1 aromatic rings. The van der Waals surface area contributed by atoms with E-state index in [9.17, 15) is 4.79 Å². The molecule has 1 unspecified atom stereocenters. The second kappa shape index (κ2) is 8.00. The smallest absolute Gasteiger partial charge is 0.225 e. The minimum Gasteiger partial charge on any atom is -0.399 e. The minimum absolute atomic E-state index is 0.0497. The Hall–Kier alpha value is -1.59. The second-order valence-electron chi connectivity index (χ2n) is 5.68. The van der Waals surface area contributed by atoms with Crippen molar-refractivity contribution in [3.05, 3.63) is 24.3 Å². The van der Waals surface area contributed by atoms with Gasteiger partial charge < -0.3 is 20.7 Å². The molecule has 1 aromatic carbocycles. The molecule has 0 radical (unpaired) electrons. The third-order valence-corrected chi connectivity index (χ3v) is 3.86. The molecule has 3 N–H and O–H groups in total. The number of carbonyl (C=O) groups is 1. The van der Waals surface area contributed by atoms with E-state index in [1.54, 1.807) is 19.2 Å². The first-order chi connectivity index (χ1) is 10.2. The number of likely N-dealkylation sites (tertiary alicyclic amines) is 1. The number of ether oxygens (including phenoxy) is 1. The van der Waals surface area contributed by atoms with Gasteiger partial charge in [-0.1, -0.05) is 0 Å². The minimum atomic E-state index is 0.0497. The molecular weight excluding hydrogens is 266 g/mol. The molecule has 0 bridgehead atoms. The Balaban J connectivity index is 1.72. The first-order valence-electron chi connectivity index (χ1n) is 7.54. The molecule has 5 nitrogen and oxygen atoms in total. The maximum absolute atomic E-state index is 12.0. The van der Waals surface area contributed by atoms with E-state index in [-0.39, 0.29) is 5.91 Å². The first-order valence-corrected chi connectivity index (χ1v) is 7.54. The highest BCUT2D eigenvalue weighted by Crippen LogP contribution is 2.17. The number of nitrogens with two attached hydrogens (primary N) is 1. The monoisotopic (exact) mass is 291 g/mol. The number of nitrogens with one attached hydrogen (secondary N) is 1. The first kappa shape index (κ1) is 15.8. The number of benzene rings is 1. The van der Waals surface area contributed by atoms with Gasteiger partial charge in [0.15, 0.2) is 0 Å². The van der Waals surface area contributed by atoms with E-state index in [0.29, 0.717) is 18.0 Å². The highest BCUT2D eigenvalue weighted by atomic mass is 16.5. The fourth-order valence-electron chi connectivity index (χ4n) is 2.78. The van der Waals surface area contributed by atoms with Crippen molar-refractivity contribution >= 4 is 17.3 Å². The zero-order valence-corrected chi connectivity index (χ0v) is 12.7. The quantitative estimate of drug-likeness (QED) is 0.786. The van der Waals surface area contributed by atoms with Crippen molar-refractivity contribution in [2.24, 2.45) is 5.92 Å². The average Bonchev–Trinajstić information content (AvgIpc) is 2.48. The summed E-state index contributed by atoms with van der Waals surface area (Å²) >= 11 is 0. The summed E-state index contributed by atoms with van der Waals surface area (Å²) < 4.78 is 5.23. The van der Waals surface area contributed by atoms with Crippen LogP contribution in [-0.4, -0.2) is 44.2 Å². The topological polar surface area (TPSA) is 67.6 Å². The van der Waals surface area contributed by atoms with E-state index in [4.69, 9.17) is 10.5 Å². The zero-order chi connectivity index (χ0) is 15.1. The Kier molecular flexibility index (Phi) is 6.02. The van der Waals surface area contributed by atoms with Crippen LogP contribution in [0.1, 0.15) is 19.3 Å². The van der Waals surface area contributed by atoms with Gasteiger partial charge in [-0.25, -0.2) is 0 Å². The zero-order valence-electron chi connectivity index (χ0n) is 12.7. The number of hydrogen-bond donors (Lipinski definition) is 2.